The lowest BCUT2D eigenvalue weighted by atomic mass is 10.3. The third kappa shape index (κ3) is 3.14. The minimum Gasteiger partial charge on any atom is -0.438 e. The Bertz CT molecular complexity index is 545. The number of halogens is 3. The summed E-state index contributed by atoms with van der Waals surface area (Å²) in [5.74, 6) is 0.216. The number of nitrogens with zero attached hydrogens (tertiary/aromatic N) is 2. The fourth-order valence-electron chi connectivity index (χ4n) is 1.23. The lowest BCUT2D eigenvalue weighted by molar-refractivity contribution is 0.453. The highest BCUT2D eigenvalue weighted by Gasteiger charge is 2.07. The van der Waals surface area contributed by atoms with Crippen LogP contribution in [0.4, 0.5) is 4.39 Å². The van der Waals surface area contributed by atoms with Crippen LogP contribution in [-0.4, -0.2) is 9.97 Å². The van der Waals surface area contributed by atoms with Crippen LogP contribution in [0.3, 0.4) is 0 Å². The van der Waals surface area contributed by atoms with E-state index in [-0.39, 0.29) is 17.0 Å². The van der Waals surface area contributed by atoms with Crippen molar-refractivity contribution in [3.8, 4) is 11.6 Å². The highest BCUT2D eigenvalue weighted by atomic mass is 79.9. The van der Waals surface area contributed by atoms with E-state index in [2.05, 4.69) is 25.9 Å². The molecule has 6 heteroatoms. The van der Waals surface area contributed by atoms with Gasteiger partial charge in [0.2, 0.25) is 11.2 Å². The SMILES string of the molecule is Cc1cc(Oc2cc(F)ccc2Br)nc(Cl)n1. The van der Waals surface area contributed by atoms with E-state index in [0.717, 1.165) is 0 Å². The van der Waals surface area contributed by atoms with Crippen molar-refractivity contribution >= 4 is 27.5 Å². The molecular formula is C11H7BrClFN2O. The fraction of sp³-hybridized carbons (Fsp3) is 0.0909. The first-order valence-corrected chi connectivity index (χ1v) is 5.86. The molecule has 0 atom stereocenters. The molecule has 0 fully saturated rings. The zero-order chi connectivity index (χ0) is 12.4. The molecule has 0 unspecified atom stereocenters. The number of benzene rings is 1. The molecule has 0 aliphatic rings. The van der Waals surface area contributed by atoms with E-state index in [0.29, 0.717) is 15.9 Å². The number of rotatable bonds is 2. The van der Waals surface area contributed by atoms with Crippen molar-refractivity contribution in [2.75, 3.05) is 0 Å². The van der Waals surface area contributed by atoms with Gasteiger partial charge in [0.15, 0.2) is 0 Å². The van der Waals surface area contributed by atoms with Gasteiger partial charge < -0.3 is 4.74 Å². The summed E-state index contributed by atoms with van der Waals surface area (Å²) in [4.78, 5) is 7.79. The van der Waals surface area contributed by atoms with Gasteiger partial charge in [-0.05, 0) is 46.6 Å². The van der Waals surface area contributed by atoms with Crippen molar-refractivity contribution in [2.45, 2.75) is 6.92 Å². The van der Waals surface area contributed by atoms with Gasteiger partial charge in [-0.15, -0.1) is 0 Å². The lowest BCUT2D eigenvalue weighted by Crippen LogP contribution is -1.93. The Kier molecular flexibility index (Phi) is 3.59. The molecule has 17 heavy (non-hydrogen) atoms. The minimum absolute atomic E-state index is 0.0903. The first-order valence-electron chi connectivity index (χ1n) is 4.69. The standard InChI is InChI=1S/C11H7BrClFN2O/c1-6-4-10(16-11(13)15-6)17-9-5-7(14)2-3-8(9)12/h2-5H,1H3. The van der Waals surface area contributed by atoms with Crippen LogP contribution in [0.1, 0.15) is 5.69 Å². The van der Waals surface area contributed by atoms with Crippen LogP contribution < -0.4 is 4.74 Å². The van der Waals surface area contributed by atoms with Gasteiger partial charge in [0.25, 0.3) is 0 Å². The molecule has 0 aliphatic carbocycles. The van der Waals surface area contributed by atoms with Crippen LogP contribution in [0.25, 0.3) is 0 Å². The van der Waals surface area contributed by atoms with Crippen molar-refractivity contribution in [1.29, 1.82) is 0 Å². The van der Waals surface area contributed by atoms with Crippen LogP contribution in [-0.2, 0) is 0 Å². The van der Waals surface area contributed by atoms with Gasteiger partial charge in [0.05, 0.1) is 4.47 Å². The Hall–Kier alpha value is -1.20. The molecule has 1 aromatic carbocycles. The predicted molar refractivity (Wildman–Crippen MR) is 66.0 cm³/mol. The third-order valence-electron chi connectivity index (χ3n) is 1.91. The van der Waals surface area contributed by atoms with Crippen molar-refractivity contribution < 1.29 is 9.13 Å². The van der Waals surface area contributed by atoms with Crippen LogP contribution in [0.15, 0.2) is 28.7 Å². The Morgan fingerprint density at radius 3 is 2.76 bits per heavy atom. The number of aromatic nitrogens is 2. The Labute approximate surface area is 111 Å². The highest BCUT2D eigenvalue weighted by molar-refractivity contribution is 9.10. The van der Waals surface area contributed by atoms with E-state index in [1.807, 2.05) is 0 Å². The molecular weight excluding hydrogens is 310 g/mol. The van der Waals surface area contributed by atoms with Gasteiger partial charge in [-0.1, -0.05) is 0 Å². The quantitative estimate of drug-likeness (QED) is 0.781. The maximum atomic E-state index is 13.0. The monoisotopic (exact) mass is 316 g/mol. The van der Waals surface area contributed by atoms with Gasteiger partial charge in [0.1, 0.15) is 11.6 Å². The second kappa shape index (κ2) is 4.98. The summed E-state index contributed by atoms with van der Waals surface area (Å²) in [6.07, 6.45) is 0. The van der Waals surface area contributed by atoms with Crippen molar-refractivity contribution in [3.05, 3.63) is 45.5 Å². The molecule has 88 valence electrons. The minimum atomic E-state index is -0.389. The maximum Gasteiger partial charge on any atom is 0.225 e. The third-order valence-corrected chi connectivity index (χ3v) is 2.74. The molecule has 1 aromatic heterocycles. The first kappa shape index (κ1) is 12.3. The molecule has 0 spiro atoms. The molecule has 0 radical (unpaired) electrons. The van der Waals surface area contributed by atoms with E-state index >= 15 is 0 Å². The highest BCUT2D eigenvalue weighted by Crippen LogP contribution is 2.29. The summed E-state index contributed by atoms with van der Waals surface area (Å²) in [5, 5.41) is 0.0903. The number of aryl methyl sites for hydroxylation is 1. The summed E-state index contributed by atoms with van der Waals surface area (Å²) >= 11 is 8.96. The summed E-state index contributed by atoms with van der Waals surface area (Å²) in [6.45, 7) is 1.76. The van der Waals surface area contributed by atoms with E-state index in [1.165, 1.54) is 12.1 Å². The topological polar surface area (TPSA) is 35.0 Å². The van der Waals surface area contributed by atoms with Gasteiger partial charge >= 0.3 is 0 Å². The summed E-state index contributed by atoms with van der Waals surface area (Å²) in [7, 11) is 0. The van der Waals surface area contributed by atoms with Crippen LogP contribution in [0, 0.1) is 12.7 Å². The predicted octanol–water partition coefficient (Wildman–Crippen LogP) is 4.13. The summed E-state index contributed by atoms with van der Waals surface area (Å²) in [6, 6.07) is 5.76. The van der Waals surface area contributed by atoms with Crippen molar-refractivity contribution in [1.82, 2.24) is 9.97 Å². The molecule has 3 nitrogen and oxygen atoms in total. The van der Waals surface area contributed by atoms with E-state index in [4.69, 9.17) is 16.3 Å². The Morgan fingerprint density at radius 1 is 1.29 bits per heavy atom. The van der Waals surface area contributed by atoms with Crippen LogP contribution >= 0.6 is 27.5 Å². The Balaban J connectivity index is 2.34. The van der Waals surface area contributed by atoms with E-state index < -0.39 is 0 Å². The molecule has 0 bridgehead atoms. The summed E-state index contributed by atoms with van der Waals surface area (Å²) in [5.41, 5.74) is 0.674. The fourth-order valence-corrected chi connectivity index (χ4v) is 1.77. The maximum absolute atomic E-state index is 13.0. The van der Waals surface area contributed by atoms with Crippen molar-refractivity contribution in [3.63, 3.8) is 0 Å². The van der Waals surface area contributed by atoms with Crippen molar-refractivity contribution in [2.24, 2.45) is 0 Å². The van der Waals surface area contributed by atoms with E-state index in [1.54, 1.807) is 19.1 Å². The average Bonchev–Trinajstić information content (AvgIpc) is 2.22. The molecule has 0 N–H and O–H groups in total. The van der Waals surface area contributed by atoms with Crippen LogP contribution in [0.5, 0.6) is 11.6 Å². The number of hydrogen-bond acceptors (Lipinski definition) is 3. The van der Waals surface area contributed by atoms with Gasteiger partial charge in [0, 0.05) is 17.8 Å². The number of hydrogen-bond donors (Lipinski definition) is 0. The van der Waals surface area contributed by atoms with Crippen LogP contribution in [0.2, 0.25) is 5.28 Å². The normalized spacial score (nSPS) is 10.4. The lowest BCUT2D eigenvalue weighted by Gasteiger charge is -2.07. The zero-order valence-electron chi connectivity index (χ0n) is 8.75. The van der Waals surface area contributed by atoms with Gasteiger partial charge in [-0.25, -0.2) is 9.37 Å². The van der Waals surface area contributed by atoms with Gasteiger partial charge in [-0.2, -0.15) is 4.98 Å². The molecule has 0 saturated heterocycles. The Morgan fingerprint density at radius 2 is 2.06 bits per heavy atom. The molecule has 0 saturated carbocycles. The largest absolute Gasteiger partial charge is 0.438 e. The molecule has 0 aliphatic heterocycles. The smallest absolute Gasteiger partial charge is 0.225 e. The first-order chi connectivity index (χ1) is 8.04. The molecule has 2 rings (SSSR count). The van der Waals surface area contributed by atoms with E-state index in [9.17, 15) is 4.39 Å². The molecule has 0 amide bonds. The molecule has 1 heterocycles. The number of ether oxygens (including phenoxy) is 1. The average molecular weight is 318 g/mol. The zero-order valence-corrected chi connectivity index (χ0v) is 11.1. The second-order valence-corrected chi connectivity index (χ2v) is 4.49. The molecule has 2 aromatic rings. The summed E-state index contributed by atoms with van der Waals surface area (Å²) < 4.78 is 19.1. The van der Waals surface area contributed by atoms with Gasteiger partial charge in [-0.3, -0.25) is 0 Å². The second-order valence-electron chi connectivity index (χ2n) is 3.29.